The summed E-state index contributed by atoms with van der Waals surface area (Å²) in [4.78, 5) is 11.3. The average Bonchev–Trinajstić information content (AvgIpc) is 2.29. The van der Waals surface area contributed by atoms with Crippen LogP contribution in [0, 0.1) is 11.3 Å². The van der Waals surface area contributed by atoms with Crippen molar-refractivity contribution < 1.29 is 41.5 Å². The van der Waals surface area contributed by atoms with Gasteiger partial charge in [-0.1, -0.05) is 0 Å². The van der Waals surface area contributed by atoms with Gasteiger partial charge in [0.05, 0.1) is 17.8 Å². The lowest BCUT2D eigenvalue weighted by Gasteiger charge is -2.62. The maximum atomic E-state index is 13.2. The van der Waals surface area contributed by atoms with Crippen molar-refractivity contribution in [3.63, 3.8) is 0 Å². The Kier molecular flexibility index (Phi) is 3.41. The molecule has 4 atom stereocenters. The smallest absolute Gasteiger partial charge is 0.460 e. The molecule has 7 nitrogen and oxygen atoms in total. The molecule has 4 rings (SSSR count). The Labute approximate surface area is 131 Å². The Morgan fingerprint density at radius 2 is 1.65 bits per heavy atom. The molecule has 0 aromatic heterocycles. The molecule has 0 spiro atoms. The van der Waals surface area contributed by atoms with Crippen molar-refractivity contribution in [1.82, 2.24) is 0 Å². The van der Waals surface area contributed by atoms with E-state index in [1.54, 1.807) is 0 Å². The van der Waals surface area contributed by atoms with Gasteiger partial charge in [-0.25, -0.2) is 4.79 Å². The summed E-state index contributed by atoms with van der Waals surface area (Å²) in [5.74, 6) is -2.35. The molecule has 0 aliphatic heterocycles. The third-order valence-corrected chi connectivity index (χ3v) is 6.01. The van der Waals surface area contributed by atoms with Gasteiger partial charge in [-0.3, -0.25) is 4.55 Å². The molecule has 4 aliphatic rings. The molecule has 3 N–H and O–H groups in total. The average molecular weight is 356 g/mol. The molecule has 132 valence electrons. The third kappa shape index (κ3) is 2.75. The van der Waals surface area contributed by atoms with Crippen LogP contribution in [-0.4, -0.2) is 52.2 Å². The minimum absolute atomic E-state index is 0.00189. The minimum Gasteiger partial charge on any atom is -0.460 e. The third-order valence-electron chi connectivity index (χ3n) is 5.20. The largest absolute Gasteiger partial charge is 0.465 e. The number of carbonyl (C=O) groups is 1. The van der Waals surface area contributed by atoms with Crippen molar-refractivity contribution in [2.45, 2.75) is 55.0 Å². The van der Waals surface area contributed by atoms with E-state index in [-0.39, 0.29) is 25.2 Å². The summed E-state index contributed by atoms with van der Waals surface area (Å²) in [6.45, 7) is -0.530. The fourth-order valence-corrected chi connectivity index (χ4v) is 5.37. The van der Waals surface area contributed by atoms with E-state index in [0.29, 0.717) is 19.3 Å². The minimum atomic E-state index is -5.91. The van der Waals surface area contributed by atoms with Gasteiger partial charge in [0.2, 0.25) is 0 Å². The topological polar surface area (TPSA) is 121 Å². The highest BCUT2D eigenvalue weighted by Gasteiger charge is 2.63. The molecule has 0 heterocycles. The number of hydrogen-bond donors (Lipinski definition) is 3. The zero-order valence-corrected chi connectivity index (χ0v) is 13.0. The first-order chi connectivity index (χ1) is 10.3. The van der Waals surface area contributed by atoms with Crippen LogP contribution in [0.25, 0.3) is 0 Å². The van der Waals surface area contributed by atoms with Crippen LogP contribution >= 0.6 is 0 Å². The van der Waals surface area contributed by atoms with Crippen molar-refractivity contribution >= 4 is 16.1 Å². The van der Waals surface area contributed by atoms with Gasteiger partial charge in [0.1, 0.15) is 0 Å². The van der Waals surface area contributed by atoms with Crippen molar-refractivity contribution in [1.29, 1.82) is 0 Å². The molecule has 0 aromatic carbocycles. The molecule has 10 heteroatoms. The van der Waals surface area contributed by atoms with Gasteiger partial charge in [0.25, 0.3) is 0 Å². The van der Waals surface area contributed by atoms with E-state index < -0.39 is 44.6 Å². The number of rotatable bonds is 4. The Morgan fingerprint density at radius 3 is 2.09 bits per heavy atom. The van der Waals surface area contributed by atoms with Gasteiger partial charge in [0.15, 0.2) is 0 Å². The fraction of sp³-hybridized carbons (Fsp3) is 0.923. The van der Waals surface area contributed by atoms with Crippen LogP contribution in [0.2, 0.25) is 0 Å². The second kappa shape index (κ2) is 4.62. The van der Waals surface area contributed by atoms with Crippen LogP contribution in [0.5, 0.6) is 0 Å². The van der Waals surface area contributed by atoms with Crippen LogP contribution < -0.4 is 0 Å². The highest BCUT2D eigenvalue weighted by atomic mass is 32.2. The molecule has 4 bridgehead atoms. The quantitative estimate of drug-likeness (QED) is 0.494. The highest BCUT2D eigenvalue weighted by Crippen LogP contribution is 2.63. The normalized spacial score (nSPS) is 42.7. The van der Waals surface area contributed by atoms with Crippen molar-refractivity contribution in [3.05, 3.63) is 0 Å². The Morgan fingerprint density at radius 1 is 1.13 bits per heavy atom. The van der Waals surface area contributed by atoms with Crippen molar-refractivity contribution in [2.24, 2.45) is 11.3 Å². The number of ether oxygens (including phenoxy) is 1. The van der Waals surface area contributed by atoms with Crippen LogP contribution in [0.15, 0.2) is 0 Å². The van der Waals surface area contributed by atoms with Gasteiger partial charge < -0.3 is 14.9 Å². The molecule has 3 unspecified atom stereocenters. The zero-order valence-electron chi connectivity index (χ0n) is 12.2. The molecule has 4 fully saturated rings. The Balaban J connectivity index is 1.75. The molecule has 0 amide bonds. The maximum Gasteiger partial charge on any atom is 0.465 e. The van der Waals surface area contributed by atoms with Gasteiger partial charge in [-0.05, 0) is 38.0 Å². The van der Waals surface area contributed by atoms with Gasteiger partial charge in [0, 0.05) is 11.8 Å². The molecular weight excluding hydrogens is 338 g/mol. The van der Waals surface area contributed by atoms with E-state index in [4.69, 9.17) is 4.55 Å². The number of carbonyl (C=O) groups excluding carboxylic acids is 1. The molecule has 23 heavy (non-hydrogen) atoms. The maximum absolute atomic E-state index is 13.2. The highest BCUT2D eigenvalue weighted by molar-refractivity contribution is 7.87. The summed E-state index contributed by atoms with van der Waals surface area (Å²) >= 11 is 0. The van der Waals surface area contributed by atoms with Crippen molar-refractivity contribution in [3.8, 4) is 0 Å². The Hall–Kier alpha value is -0.840. The molecule has 0 radical (unpaired) electrons. The molecular formula is C13H18F2O7S. The summed E-state index contributed by atoms with van der Waals surface area (Å²) in [6.07, 6.45) is 2.11. The number of halogens is 2. The number of hydrogen-bond acceptors (Lipinski definition) is 6. The van der Waals surface area contributed by atoms with Crippen LogP contribution in [0.4, 0.5) is 8.78 Å². The van der Waals surface area contributed by atoms with E-state index in [9.17, 15) is 32.2 Å². The summed E-state index contributed by atoms with van der Waals surface area (Å²) in [5.41, 5.74) is -3.09. The molecule has 0 saturated heterocycles. The second-order valence-electron chi connectivity index (χ2n) is 7.53. The van der Waals surface area contributed by atoms with Crippen LogP contribution in [0.3, 0.4) is 0 Å². The first-order valence-corrected chi connectivity index (χ1v) is 8.69. The van der Waals surface area contributed by atoms with Gasteiger partial charge >= 0.3 is 21.3 Å². The van der Waals surface area contributed by atoms with Gasteiger partial charge in [-0.15, -0.1) is 0 Å². The lowest BCUT2D eigenvalue weighted by Crippen LogP contribution is -2.64. The van der Waals surface area contributed by atoms with Crippen LogP contribution in [0.1, 0.15) is 38.5 Å². The second-order valence-corrected chi connectivity index (χ2v) is 8.99. The zero-order chi connectivity index (χ0) is 17.3. The Bertz CT molecular complexity index is 629. The lowest BCUT2D eigenvalue weighted by molar-refractivity contribution is -0.241. The lowest BCUT2D eigenvalue weighted by atomic mass is 9.46. The SMILES string of the molecule is O=C(OCC12CC3CC(O)(C1)C[C@@](O)(C3)C2)C(F)(F)S(=O)(=O)O. The molecule has 4 saturated carbocycles. The van der Waals surface area contributed by atoms with E-state index in [0.717, 1.165) is 0 Å². The number of aliphatic hydroxyl groups is 2. The van der Waals surface area contributed by atoms with E-state index in [1.165, 1.54) is 0 Å². The van der Waals surface area contributed by atoms with Gasteiger partial charge in [-0.2, -0.15) is 17.2 Å². The molecule has 0 aromatic rings. The standard InChI is InChI=1S/C13H18F2O7S/c14-13(15,23(19,20)21)9(16)22-7-10-1-8-2-11(17,4-10)6-12(18,3-8)5-10/h8,17-18H,1-7H2,(H,19,20,21)/t8?,10?,11-,12?/m1/s1. The first kappa shape index (κ1) is 17.0. The first-order valence-electron chi connectivity index (χ1n) is 7.25. The van der Waals surface area contributed by atoms with E-state index in [2.05, 4.69) is 4.74 Å². The summed E-state index contributed by atoms with van der Waals surface area (Å²) in [7, 11) is -5.91. The predicted octanol–water partition coefficient (Wildman–Crippen LogP) is 0.456. The summed E-state index contributed by atoms with van der Waals surface area (Å²) in [6, 6.07) is 0. The summed E-state index contributed by atoms with van der Waals surface area (Å²) in [5, 5.41) is 16.0. The summed E-state index contributed by atoms with van der Waals surface area (Å²) < 4.78 is 60.4. The van der Waals surface area contributed by atoms with E-state index in [1.807, 2.05) is 0 Å². The van der Waals surface area contributed by atoms with Crippen molar-refractivity contribution in [2.75, 3.05) is 6.61 Å². The fourth-order valence-electron chi connectivity index (χ4n) is 5.10. The van der Waals surface area contributed by atoms with E-state index >= 15 is 0 Å². The number of alkyl halides is 2. The predicted molar refractivity (Wildman–Crippen MR) is 71.0 cm³/mol. The number of esters is 1. The molecule has 4 aliphatic carbocycles. The monoisotopic (exact) mass is 356 g/mol. The van der Waals surface area contributed by atoms with Crippen LogP contribution in [-0.2, 0) is 19.6 Å².